The van der Waals surface area contributed by atoms with Crippen LogP contribution in [0.4, 0.5) is 11.4 Å². The Hall–Kier alpha value is -2.07. The molecule has 0 heterocycles. The molecule has 14 heteroatoms. The lowest BCUT2D eigenvalue weighted by Gasteiger charge is -2.27. The first-order valence-electron chi connectivity index (χ1n) is 8.55. The van der Waals surface area contributed by atoms with Crippen molar-refractivity contribution in [3.8, 4) is 0 Å². The van der Waals surface area contributed by atoms with Gasteiger partial charge < -0.3 is 0 Å². The van der Waals surface area contributed by atoms with Gasteiger partial charge in [-0.1, -0.05) is 18.2 Å². The van der Waals surface area contributed by atoms with Crippen LogP contribution in [0.25, 0.3) is 0 Å². The zero-order valence-corrected chi connectivity index (χ0v) is 20.3. The standard InChI is InChI=1S/C18H17N3O6S5/c19-30(22,23)13-6-8-15(17(28)10-13)21(32(26,27)12-4-2-1-3-5-12)16-9-7-14(11-18(16)29)31(20,24)25/h1-11,28-29H,(H2,19,22,23)(H2,20,24,25). The average molecular weight is 532 g/mol. The van der Waals surface area contributed by atoms with Crippen LogP contribution in [0.3, 0.4) is 0 Å². The van der Waals surface area contributed by atoms with E-state index in [-0.39, 0.29) is 35.9 Å². The Balaban J connectivity index is 2.32. The van der Waals surface area contributed by atoms with Crippen molar-refractivity contribution in [3.63, 3.8) is 0 Å². The number of rotatable bonds is 6. The number of anilines is 2. The van der Waals surface area contributed by atoms with E-state index < -0.39 is 30.1 Å². The van der Waals surface area contributed by atoms with E-state index in [1.165, 1.54) is 36.4 Å². The molecule has 0 spiro atoms. The smallest absolute Gasteiger partial charge is 0.232 e. The molecule has 0 saturated heterocycles. The quantitative estimate of drug-likeness (QED) is 0.357. The zero-order valence-electron chi connectivity index (χ0n) is 16.0. The summed E-state index contributed by atoms with van der Waals surface area (Å²) in [5.41, 5.74) is -0.0218. The Morgan fingerprint density at radius 1 is 0.594 bits per heavy atom. The molecule has 3 aromatic carbocycles. The molecule has 0 unspecified atom stereocenters. The first-order valence-corrected chi connectivity index (χ1v) is 14.0. The Labute approximate surface area is 197 Å². The van der Waals surface area contributed by atoms with Crippen LogP contribution < -0.4 is 14.6 Å². The summed E-state index contributed by atoms with van der Waals surface area (Å²) in [7, 11) is -12.4. The van der Waals surface area contributed by atoms with Crippen LogP contribution in [-0.4, -0.2) is 25.3 Å². The minimum Gasteiger partial charge on any atom is -0.232 e. The minimum absolute atomic E-state index is 0.0109. The summed E-state index contributed by atoms with van der Waals surface area (Å²) in [5, 5.41) is 10.3. The van der Waals surface area contributed by atoms with Gasteiger partial charge in [0.2, 0.25) is 20.0 Å². The maximum Gasteiger partial charge on any atom is 0.268 e. The normalized spacial score (nSPS) is 12.5. The summed E-state index contributed by atoms with van der Waals surface area (Å²) in [6.07, 6.45) is 0. The molecule has 0 amide bonds. The van der Waals surface area contributed by atoms with E-state index >= 15 is 0 Å². The van der Waals surface area contributed by atoms with E-state index in [1.807, 2.05) is 0 Å². The number of hydrogen-bond donors (Lipinski definition) is 4. The van der Waals surface area contributed by atoms with Crippen molar-refractivity contribution in [2.75, 3.05) is 4.31 Å². The van der Waals surface area contributed by atoms with Crippen molar-refractivity contribution in [3.05, 3.63) is 66.7 Å². The molecule has 0 bridgehead atoms. The molecule has 9 nitrogen and oxygen atoms in total. The second kappa shape index (κ2) is 8.70. The van der Waals surface area contributed by atoms with E-state index in [0.717, 1.165) is 28.6 Å². The van der Waals surface area contributed by atoms with Crippen LogP contribution >= 0.6 is 25.3 Å². The molecule has 0 atom stereocenters. The summed E-state index contributed by atoms with van der Waals surface area (Å²) in [4.78, 5) is -0.636. The Bertz CT molecular complexity index is 1420. The molecule has 0 radical (unpaired) electrons. The summed E-state index contributed by atoms with van der Waals surface area (Å²) in [6.45, 7) is 0. The van der Waals surface area contributed by atoms with Gasteiger partial charge >= 0.3 is 0 Å². The molecule has 3 aromatic rings. The van der Waals surface area contributed by atoms with Gasteiger partial charge in [0, 0.05) is 9.79 Å². The molecule has 3 rings (SSSR count). The summed E-state index contributed by atoms with van der Waals surface area (Å²) in [6, 6.07) is 14.4. The van der Waals surface area contributed by atoms with Gasteiger partial charge in [0.05, 0.1) is 26.1 Å². The number of thiol groups is 2. The topological polar surface area (TPSA) is 158 Å². The number of primary sulfonamides is 2. The van der Waals surface area contributed by atoms with Gasteiger partial charge in [-0.3, -0.25) is 0 Å². The third-order valence-corrected chi connectivity index (χ3v) is 8.55. The lowest BCUT2D eigenvalue weighted by Crippen LogP contribution is -2.27. The van der Waals surface area contributed by atoms with Gasteiger partial charge in [-0.25, -0.2) is 39.8 Å². The van der Waals surface area contributed by atoms with Crippen LogP contribution in [-0.2, 0) is 30.1 Å². The number of sulfonamides is 3. The molecule has 170 valence electrons. The van der Waals surface area contributed by atoms with E-state index in [1.54, 1.807) is 6.07 Å². The van der Waals surface area contributed by atoms with Crippen LogP contribution in [0, 0.1) is 0 Å². The predicted octanol–water partition coefficient (Wildman–Crippen LogP) is 2.09. The fourth-order valence-corrected chi connectivity index (χ4v) is 6.36. The first-order chi connectivity index (χ1) is 14.7. The predicted molar refractivity (Wildman–Crippen MR) is 126 cm³/mol. The van der Waals surface area contributed by atoms with Gasteiger partial charge in [0.1, 0.15) is 0 Å². The average Bonchev–Trinajstić information content (AvgIpc) is 2.69. The second-order valence-electron chi connectivity index (χ2n) is 6.47. The van der Waals surface area contributed by atoms with Crippen molar-refractivity contribution in [1.29, 1.82) is 0 Å². The zero-order chi connectivity index (χ0) is 23.9. The van der Waals surface area contributed by atoms with Gasteiger partial charge in [-0.05, 0) is 48.5 Å². The molecule has 0 aliphatic rings. The maximum absolute atomic E-state index is 13.6. The monoisotopic (exact) mass is 531 g/mol. The largest absolute Gasteiger partial charge is 0.268 e. The fourth-order valence-electron chi connectivity index (χ4n) is 2.79. The molecule has 0 aliphatic carbocycles. The van der Waals surface area contributed by atoms with E-state index in [4.69, 9.17) is 10.3 Å². The van der Waals surface area contributed by atoms with E-state index in [9.17, 15) is 25.3 Å². The Kier molecular flexibility index (Phi) is 6.68. The molecule has 0 aliphatic heterocycles. The third kappa shape index (κ3) is 4.96. The number of benzene rings is 3. The van der Waals surface area contributed by atoms with Crippen LogP contribution in [0.5, 0.6) is 0 Å². The second-order valence-corrected chi connectivity index (χ2v) is 12.3. The van der Waals surface area contributed by atoms with Gasteiger partial charge in [-0.15, -0.1) is 25.3 Å². The lowest BCUT2D eigenvalue weighted by molar-refractivity contribution is 0.595. The lowest BCUT2D eigenvalue weighted by atomic mass is 10.2. The molecule has 0 saturated carbocycles. The van der Waals surface area contributed by atoms with Crippen LogP contribution in [0.2, 0.25) is 0 Å². The number of hydrogen-bond acceptors (Lipinski definition) is 8. The summed E-state index contributed by atoms with van der Waals surface area (Å²) in [5.74, 6) is 0. The minimum atomic E-state index is -4.27. The van der Waals surface area contributed by atoms with Crippen LogP contribution in [0.1, 0.15) is 0 Å². The first kappa shape index (κ1) is 24.6. The van der Waals surface area contributed by atoms with Gasteiger partial charge in [-0.2, -0.15) is 0 Å². The van der Waals surface area contributed by atoms with Crippen molar-refractivity contribution < 1.29 is 25.3 Å². The highest BCUT2D eigenvalue weighted by Crippen LogP contribution is 2.40. The molecule has 4 N–H and O–H groups in total. The number of nitrogens with zero attached hydrogens (tertiary/aromatic N) is 1. The third-order valence-electron chi connectivity index (χ3n) is 4.27. The number of nitrogens with two attached hydrogens (primary N) is 2. The Morgan fingerprint density at radius 3 is 1.34 bits per heavy atom. The van der Waals surface area contributed by atoms with E-state index in [2.05, 4.69) is 25.3 Å². The molecule has 0 aromatic heterocycles. The highest BCUT2D eigenvalue weighted by Gasteiger charge is 2.30. The Morgan fingerprint density at radius 2 is 1.00 bits per heavy atom. The molecule has 0 fully saturated rings. The highest BCUT2D eigenvalue weighted by molar-refractivity contribution is 7.93. The molecule has 32 heavy (non-hydrogen) atoms. The SMILES string of the molecule is NS(=O)(=O)c1ccc(N(c2ccc(S(N)(=O)=O)cc2S)S(=O)(=O)c2ccccc2)c(S)c1. The van der Waals surface area contributed by atoms with E-state index in [0.29, 0.717) is 0 Å². The molecular weight excluding hydrogens is 515 g/mol. The highest BCUT2D eigenvalue weighted by atomic mass is 32.2. The van der Waals surface area contributed by atoms with Gasteiger partial charge in [0.15, 0.2) is 0 Å². The maximum atomic E-state index is 13.6. The fraction of sp³-hybridized carbons (Fsp3) is 0. The van der Waals surface area contributed by atoms with Crippen LogP contribution in [0.15, 0.2) is 91.2 Å². The van der Waals surface area contributed by atoms with Crippen molar-refractivity contribution in [1.82, 2.24) is 0 Å². The van der Waals surface area contributed by atoms with Crippen molar-refractivity contribution in [2.45, 2.75) is 24.5 Å². The van der Waals surface area contributed by atoms with Crippen molar-refractivity contribution in [2.24, 2.45) is 10.3 Å². The molecular formula is C18H17N3O6S5. The van der Waals surface area contributed by atoms with Crippen molar-refractivity contribution >= 4 is 66.7 Å². The van der Waals surface area contributed by atoms with Gasteiger partial charge in [0.25, 0.3) is 10.0 Å². The summed E-state index contributed by atoms with van der Waals surface area (Å²) >= 11 is 8.53. The summed E-state index contributed by atoms with van der Waals surface area (Å²) < 4.78 is 74.7.